The molecule has 0 heterocycles. The number of carbonyl (C=O) groups is 1. The van der Waals surface area contributed by atoms with E-state index in [9.17, 15) is 4.79 Å². The Morgan fingerprint density at radius 1 is 1.54 bits per heavy atom. The Morgan fingerprint density at radius 2 is 2.08 bits per heavy atom. The van der Waals surface area contributed by atoms with Gasteiger partial charge in [-0.2, -0.15) is 0 Å². The molecular weight excluding hydrogens is 184 g/mol. The van der Waals surface area contributed by atoms with Gasteiger partial charge in [0.15, 0.2) is 0 Å². The topological polar surface area (TPSA) is 41.1 Å². The van der Waals surface area contributed by atoms with Gasteiger partial charge in [-0.05, 0) is 40.5 Å². The van der Waals surface area contributed by atoms with Crippen molar-refractivity contribution in [3.63, 3.8) is 0 Å². The highest BCUT2D eigenvalue weighted by atomic mass is 32.2. The van der Waals surface area contributed by atoms with Gasteiger partial charge in [-0.3, -0.25) is 4.79 Å². The van der Waals surface area contributed by atoms with Crippen LogP contribution >= 0.6 is 11.8 Å². The van der Waals surface area contributed by atoms with E-state index >= 15 is 0 Å². The van der Waals surface area contributed by atoms with Crippen molar-refractivity contribution in [3.05, 3.63) is 0 Å². The van der Waals surface area contributed by atoms with Crippen LogP contribution in [0.3, 0.4) is 0 Å². The summed E-state index contributed by atoms with van der Waals surface area (Å²) in [6.07, 6.45) is 2.71. The minimum Gasteiger partial charge on any atom is -0.344 e. The van der Waals surface area contributed by atoms with Crippen molar-refractivity contribution < 1.29 is 4.79 Å². The number of hydrogen-bond donors (Lipinski definition) is 2. The van der Waals surface area contributed by atoms with E-state index < -0.39 is 0 Å². The van der Waals surface area contributed by atoms with Gasteiger partial charge < -0.3 is 10.6 Å². The van der Waals surface area contributed by atoms with Crippen molar-refractivity contribution in [2.75, 3.05) is 13.3 Å². The average Bonchev–Trinajstić information content (AvgIpc) is 2.03. The molecule has 13 heavy (non-hydrogen) atoms. The molecule has 0 aliphatic rings. The minimum atomic E-state index is 0.0411. The van der Waals surface area contributed by atoms with Crippen molar-refractivity contribution in [1.29, 1.82) is 0 Å². The SMILES string of the molecule is CNC(C)(C)CC(C)NC(=O)SC. The third-order valence-electron chi connectivity index (χ3n) is 2.04. The molecule has 0 aromatic rings. The second-order valence-corrected chi connectivity index (χ2v) is 4.65. The molecule has 4 heteroatoms. The van der Waals surface area contributed by atoms with Crippen molar-refractivity contribution in [1.82, 2.24) is 10.6 Å². The van der Waals surface area contributed by atoms with E-state index in [0.29, 0.717) is 0 Å². The van der Waals surface area contributed by atoms with Gasteiger partial charge in [0.1, 0.15) is 0 Å². The van der Waals surface area contributed by atoms with Crippen LogP contribution in [-0.2, 0) is 0 Å². The first-order valence-electron chi connectivity index (χ1n) is 4.44. The molecule has 0 aliphatic carbocycles. The van der Waals surface area contributed by atoms with Gasteiger partial charge in [-0.1, -0.05) is 11.8 Å². The Morgan fingerprint density at radius 3 is 2.46 bits per heavy atom. The first-order chi connectivity index (χ1) is 5.91. The van der Waals surface area contributed by atoms with Crippen LogP contribution in [0.4, 0.5) is 4.79 Å². The second-order valence-electron chi connectivity index (χ2n) is 3.87. The minimum absolute atomic E-state index is 0.0411. The number of rotatable bonds is 4. The molecule has 1 atom stereocenters. The Hall–Kier alpha value is -0.220. The van der Waals surface area contributed by atoms with E-state index in [2.05, 4.69) is 24.5 Å². The lowest BCUT2D eigenvalue weighted by molar-refractivity contribution is 0.254. The monoisotopic (exact) mass is 204 g/mol. The molecule has 0 spiro atoms. The zero-order chi connectivity index (χ0) is 10.5. The van der Waals surface area contributed by atoms with Gasteiger partial charge in [0, 0.05) is 11.6 Å². The van der Waals surface area contributed by atoms with E-state index in [0.717, 1.165) is 6.42 Å². The summed E-state index contributed by atoms with van der Waals surface area (Å²) in [6.45, 7) is 6.26. The molecule has 2 N–H and O–H groups in total. The van der Waals surface area contributed by atoms with Crippen LogP contribution in [0.2, 0.25) is 0 Å². The van der Waals surface area contributed by atoms with E-state index in [1.807, 2.05) is 14.0 Å². The van der Waals surface area contributed by atoms with Crippen LogP contribution in [0.1, 0.15) is 27.2 Å². The largest absolute Gasteiger partial charge is 0.344 e. The van der Waals surface area contributed by atoms with Crippen molar-refractivity contribution >= 4 is 17.0 Å². The fraction of sp³-hybridized carbons (Fsp3) is 0.889. The molecule has 0 fully saturated rings. The molecule has 0 radical (unpaired) electrons. The fourth-order valence-electron chi connectivity index (χ4n) is 1.18. The summed E-state index contributed by atoms with van der Waals surface area (Å²) in [7, 11) is 1.93. The van der Waals surface area contributed by atoms with E-state index in [-0.39, 0.29) is 16.8 Å². The van der Waals surface area contributed by atoms with Gasteiger partial charge in [0.2, 0.25) is 0 Å². The molecule has 1 unspecified atom stereocenters. The maximum atomic E-state index is 11.0. The summed E-state index contributed by atoms with van der Waals surface area (Å²) in [5, 5.41) is 6.15. The number of amides is 1. The van der Waals surface area contributed by atoms with E-state index in [1.54, 1.807) is 6.26 Å². The molecule has 0 aromatic carbocycles. The van der Waals surface area contributed by atoms with E-state index in [1.165, 1.54) is 11.8 Å². The highest BCUT2D eigenvalue weighted by Crippen LogP contribution is 2.11. The first-order valence-corrected chi connectivity index (χ1v) is 5.67. The van der Waals surface area contributed by atoms with Gasteiger partial charge in [-0.25, -0.2) is 0 Å². The zero-order valence-corrected chi connectivity index (χ0v) is 9.92. The second kappa shape index (κ2) is 5.50. The summed E-state index contributed by atoms with van der Waals surface area (Å²) in [5.41, 5.74) is 0.0745. The lowest BCUT2D eigenvalue weighted by Crippen LogP contribution is -2.43. The van der Waals surface area contributed by atoms with Crippen LogP contribution in [-0.4, -0.2) is 30.1 Å². The lowest BCUT2D eigenvalue weighted by Gasteiger charge is -2.27. The molecule has 0 rings (SSSR count). The Kier molecular flexibility index (Phi) is 5.40. The predicted molar refractivity (Wildman–Crippen MR) is 59.3 cm³/mol. The van der Waals surface area contributed by atoms with Crippen molar-refractivity contribution in [2.45, 2.75) is 38.8 Å². The average molecular weight is 204 g/mol. The summed E-state index contributed by atoms with van der Waals surface area (Å²) in [5.74, 6) is 0. The van der Waals surface area contributed by atoms with Crippen LogP contribution in [0.15, 0.2) is 0 Å². The van der Waals surface area contributed by atoms with Crippen molar-refractivity contribution in [3.8, 4) is 0 Å². The van der Waals surface area contributed by atoms with Gasteiger partial charge >= 0.3 is 0 Å². The van der Waals surface area contributed by atoms with Crippen LogP contribution in [0.5, 0.6) is 0 Å². The van der Waals surface area contributed by atoms with Gasteiger partial charge in [-0.15, -0.1) is 0 Å². The molecule has 0 saturated heterocycles. The molecule has 78 valence electrons. The summed E-state index contributed by atoms with van der Waals surface area (Å²) < 4.78 is 0. The smallest absolute Gasteiger partial charge is 0.278 e. The zero-order valence-electron chi connectivity index (χ0n) is 9.10. The molecular formula is C9H20N2OS. The first kappa shape index (κ1) is 12.8. The number of hydrogen-bond acceptors (Lipinski definition) is 3. The predicted octanol–water partition coefficient (Wildman–Crippen LogP) is 1.84. The van der Waals surface area contributed by atoms with Gasteiger partial charge in [0.25, 0.3) is 5.24 Å². The Bertz CT molecular complexity index is 171. The van der Waals surface area contributed by atoms with Crippen LogP contribution in [0, 0.1) is 0 Å². The molecule has 3 nitrogen and oxygen atoms in total. The standard InChI is InChI=1S/C9H20N2OS/c1-7(11-8(12)13-5)6-9(2,3)10-4/h7,10H,6H2,1-5H3,(H,11,12). The molecule has 0 bridgehead atoms. The Balaban J connectivity index is 3.86. The normalized spacial score (nSPS) is 13.9. The van der Waals surface area contributed by atoms with E-state index in [4.69, 9.17) is 0 Å². The summed E-state index contributed by atoms with van der Waals surface area (Å²) >= 11 is 1.22. The van der Waals surface area contributed by atoms with Crippen LogP contribution in [0.25, 0.3) is 0 Å². The number of carbonyl (C=O) groups excluding carboxylic acids is 1. The maximum Gasteiger partial charge on any atom is 0.278 e. The Labute approximate surface area is 85.0 Å². The number of nitrogens with one attached hydrogen (secondary N) is 2. The summed E-state index contributed by atoms with van der Waals surface area (Å²) in [6, 6.07) is 0.211. The molecule has 0 aromatic heterocycles. The van der Waals surface area contributed by atoms with Gasteiger partial charge in [0.05, 0.1) is 0 Å². The maximum absolute atomic E-state index is 11.0. The third kappa shape index (κ3) is 5.93. The third-order valence-corrected chi connectivity index (χ3v) is 2.53. The molecule has 0 aliphatic heterocycles. The lowest BCUT2D eigenvalue weighted by atomic mass is 9.96. The summed E-state index contributed by atoms with van der Waals surface area (Å²) in [4.78, 5) is 11.0. The molecule has 1 amide bonds. The highest BCUT2D eigenvalue weighted by Gasteiger charge is 2.19. The van der Waals surface area contributed by atoms with Crippen molar-refractivity contribution in [2.24, 2.45) is 0 Å². The fourth-order valence-corrected chi connectivity index (χ4v) is 1.50. The number of thioether (sulfide) groups is 1. The quantitative estimate of drug-likeness (QED) is 0.734. The highest BCUT2D eigenvalue weighted by molar-refractivity contribution is 8.12. The van der Waals surface area contributed by atoms with Crippen LogP contribution < -0.4 is 10.6 Å². The molecule has 0 saturated carbocycles.